The molecule has 1 unspecified atom stereocenters. The molecule has 2 N–H and O–H groups in total. The molecule has 4 heteroatoms. The maximum atomic E-state index is 6.12. The molecule has 0 heterocycles. The van der Waals surface area contributed by atoms with Crippen molar-refractivity contribution in [1.29, 1.82) is 0 Å². The van der Waals surface area contributed by atoms with Gasteiger partial charge < -0.3 is 15.2 Å². The highest BCUT2D eigenvalue weighted by Gasteiger charge is 2.11. The summed E-state index contributed by atoms with van der Waals surface area (Å²) in [6.07, 6.45) is 0.862. The lowest BCUT2D eigenvalue weighted by molar-refractivity contribution is 0.292. The molecule has 0 amide bonds. The Morgan fingerprint density at radius 1 is 1.14 bits per heavy atom. The van der Waals surface area contributed by atoms with Gasteiger partial charge in [0.1, 0.15) is 18.1 Å². The van der Waals surface area contributed by atoms with Crippen molar-refractivity contribution in [2.24, 2.45) is 5.73 Å². The molecule has 0 saturated heterocycles. The number of benzene rings is 2. The molecular weight excluding hydrogens is 286 g/mol. The Morgan fingerprint density at radius 2 is 1.90 bits per heavy atom. The highest BCUT2D eigenvalue weighted by atomic mass is 35.5. The van der Waals surface area contributed by atoms with E-state index < -0.39 is 0 Å². The van der Waals surface area contributed by atoms with Crippen molar-refractivity contribution in [3.8, 4) is 11.5 Å². The van der Waals surface area contributed by atoms with Gasteiger partial charge in [-0.05, 0) is 30.7 Å². The molecule has 0 aliphatic heterocycles. The average Bonchev–Trinajstić information content (AvgIpc) is 2.52. The lowest BCUT2D eigenvalue weighted by atomic mass is 10.0. The predicted octanol–water partition coefficient (Wildman–Crippen LogP) is 4.34. The van der Waals surface area contributed by atoms with Crippen LogP contribution in [0.1, 0.15) is 30.5 Å². The van der Waals surface area contributed by atoms with Crippen LogP contribution >= 0.6 is 11.6 Å². The molecule has 112 valence electrons. The summed E-state index contributed by atoms with van der Waals surface area (Å²) in [5, 5.41) is 0.660. The molecule has 0 bridgehead atoms. The maximum absolute atomic E-state index is 6.12. The first-order chi connectivity index (χ1) is 10.2. The summed E-state index contributed by atoms with van der Waals surface area (Å²) < 4.78 is 11.2. The van der Waals surface area contributed by atoms with Crippen molar-refractivity contribution < 1.29 is 9.47 Å². The van der Waals surface area contributed by atoms with Gasteiger partial charge in [-0.2, -0.15) is 0 Å². The first kappa shape index (κ1) is 15.7. The fourth-order valence-electron chi connectivity index (χ4n) is 2.15. The highest BCUT2D eigenvalue weighted by Crippen LogP contribution is 2.28. The van der Waals surface area contributed by atoms with Crippen molar-refractivity contribution >= 4 is 11.6 Å². The number of methoxy groups -OCH3 is 1. The van der Waals surface area contributed by atoms with Crippen molar-refractivity contribution in [1.82, 2.24) is 0 Å². The van der Waals surface area contributed by atoms with Crippen LogP contribution in [0, 0.1) is 0 Å². The number of para-hydroxylation sites is 1. The summed E-state index contributed by atoms with van der Waals surface area (Å²) in [6.45, 7) is 2.44. The molecule has 0 aliphatic carbocycles. The molecule has 0 aliphatic rings. The topological polar surface area (TPSA) is 44.5 Å². The highest BCUT2D eigenvalue weighted by molar-refractivity contribution is 6.30. The molecule has 0 saturated carbocycles. The number of halogens is 1. The van der Waals surface area contributed by atoms with Crippen LogP contribution in [-0.4, -0.2) is 7.11 Å². The van der Waals surface area contributed by atoms with E-state index >= 15 is 0 Å². The van der Waals surface area contributed by atoms with Crippen LogP contribution in [0.5, 0.6) is 11.5 Å². The smallest absolute Gasteiger partial charge is 0.125 e. The summed E-state index contributed by atoms with van der Waals surface area (Å²) >= 11 is 6.03. The molecule has 21 heavy (non-hydrogen) atoms. The number of nitrogens with two attached hydrogens (primary N) is 1. The molecule has 0 radical (unpaired) electrons. The molecule has 0 fully saturated rings. The van der Waals surface area contributed by atoms with Crippen LogP contribution in [0.4, 0.5) is 0 Å². The van der Waals surface area contributed by atoms with Gasteiger partial charge in [0.05, 0.1) is 7.11 Å². The van der Waals surface area contributed by atoms with Crippen LogP contribution in [0.2, 0.25) is 5.02 Å². The SMILES string of the molecule is CCC(N)c1ccccc1OCc1cc(Cl)ccc1OC. The van der Waals surface area contributed by atoms with E-state index in [9.17, 15) is 0 Å². The van der Waals surface area contributed by atoms with Gasteiger partial charge in [0.2, 0.25) is 0 Å². The number of rotatable bonds is 6. The normalized spacial score (nSPS) is 12.0. The zero-order valence-electron chi connectivity index (χ0n) is 12.3. The molecular formula is C17H20ClNO2. The Balaban J connectivity index is 2.19. The zero-order valence-corrected chi connectivity index (χ0v) is 13.1. The third kappa shape index (κ3) is 3.90. The zero-order chi connectivity index (χ0) is 15.2. The van der Waals surface area contributed by atoms with Gasteiger partial charge in [-0.15, -0.1) is 0 Å². The minimum absolute atomic E-state index is 0.0255. The number of hydrogen-bond acceptors (Lipinski definition) is 3. The molecule has 0 aromatic heterocycles. The van der Waals surface area contributed by atoms with Gasteiger partial charge >= 0.3 is 0 Å². The van der Waals surface area contributed by atoms with Gasteiger partial charge in [-0.25, -0.2) is 0 Å². The van der Waals surface area contributed by atoms with Crippen LogP contribution < -0.4 is 15.2 Å². The second kappa shape index (κ2) is 7.34. The molecule has 2 aromatic carbocycles. The molecule has 0 spiro atoms. The van der Waals surface area contributed by atoms with E-state index in [1.54, 1.807) is 13.2 Å². The Hall–Kier alpha value is -1.71. The lowest BCUT2D eigenvalue weighted by Crippen LogP contribution is -2.11. The molecule has 2 rings (SSSR count). The maximum Gasteiger partial charge on any atom is 0.125 e. The Kier molecular flexibility index (Phi) is 5.48. The van der Waals surface area contributed by atoms with E-state index in [2.05, 4.69) is 6.92 Å². The van der Waals surface area contributed by atoms with Crippen molar-refractivity contribution in [3.63, 3.8) is 0 Å². The summed E-state index contributed by atoms with van der Waals surface area (Å²) in [5.74, 6) is 1.56. The minimum atomic E-state index is -0.0255. The molecule has 1 atom stereocenters. The van der Waals surface area contributed by atoms with E-state index in [0.29, 0.717) is 11.6 Å². The Labute approximate surface area is 130 Å². The summed E-state index contributed by atoms with van der Waals surface area (Å²) in [6, 6.07) is 13.3. The van der Waals surface area contributed by atoms with E-state index in [1.165, 1.54) is 0 Å². The molecule has 2 aromatic rings. The monoisotopic (exact) mass is 305 g/mol. The second-order valence-electron chi connectivity index (χ2n) is 4.80. The minimum Gasteiger partial charge on any atom is -0.496 e. The third-order valence-electron chi connectivity index (χ3n) is 3.38. The van der Waals surface area contributed by atoms with Crippen LogP contribution in [0.3, 0.4) is 0 Å². The fourth-order valence-corrected chi connectivity index (χ4v) is 2.35. The standard InChI is InChI=1S/C17H20ClNO2/c1-3-15(19)14-6-4-5-7-17(14)21-11-12-10-13(18)8-9-16(12)20-2/h4-10,15H,3,11,19H2,1-2H3. The van der Waals surface area contributed by atoms with Crippen molar-refractivity contribution in [2.75, 3.05) is 7.11 Å². The third-order valence-corrected chi connectivity index (χ3v) is 3.62. The number of ether oxygens (including phenoxy) is 2. The Bertz CT molecular complexity index is 601. The predicted molar refractivity (Wildman–Crippen MR) is 86.0 cm³/mol. The summed E-state index contributed by atoms with van der Waals surface area (Å²) in [5.41, 5.74) is 8.04. The van der Waals surface area contributed by atoms with Gasteiger partial charge in [-0.3, -0.25) is 0 Å². The second-order valence-corrected chi connectivity index (χ2v) is 5.23. The van der Waals surface area contributed by atoms with Crippen LogP contribution in [-0.2, 0) is 6.61 Å². The van der Waals surface area contributed by atoms with Gasteiger partial charge in [0, 0.05) is 22.2 Å². The van der Waals surface area contributed by atoms with Crippen molar-refractivity contribution in [2.45, 2.75) is 26.0 Å². The quantitative estimate of drug-likeness (QED) is 0.863. The van der Waals surface area contributed by atoms with E-state index in [-0.39, 0.29) is 6.04 Å². The van der Waals surface area contributed by atoms with Crippen molar-refractivity contribution in [3.05, 3.63) is 58.6 Å². The molecule has 3 nitrogen and oxygen atoms in total. The summed E-state index contributed by atoms with van der Waals surface area (Å²) in [4.78, 5) is 0. The van der Waals surface area contributed by atoms with Crippen LogP contribution in [0.15, 0.2) is 42.5 Å². The first-order valence-electron chi connectivity index (χ1n) is 6.95. The van der Waals surface area contributed by atoms with Gasteiger partial charge in [0.15, 0.2) is 0 Å². The van der Waals surface area contributed by atoms with E-state index in [1.807, 2.05) is 36.4 Å². The summed E-state index contributed by atoms with van der Waals surface area (Å²) in [7, 11) is 1.63. The van der Waals surface area contributed by atoms with Gasteiger partial charge in [-0.1, -0.05) is 36.7 Å². The lowest BCUT2D eigenvalue weighted by Gasteiger charge is -2.16. The fraction of sp³-hybridized carbons (Fsp3) is 0.294. The van der Waals surface area contributed by atoms with Gasteiger partial charge in [0.25, 0.3) is 0 Å². The largest absolute Gasteiger partial charge is 0.496 e. The van der Waals surface area contributed by atoms with E-state index in [0.717, 1.165) is 29.0 Å². The van der Waals surface area contributed by atoms with E-state index in [4.69, 9.17) is 26.8 Å². The van der Waals surface area contributed by atoms with Crippen LogP contribution in [0.25, 0.3) is 0 Å². The Morgan fingerprint density at radius 3 is 2.62 bits per heavy atom. The average molecular weight is 306 g/mol. The first-order valence-corrected chi connectivity index (χ1v) is 7.33. The number of hydrogen-bond donors (Lipinski definition) is 1.